The van der Waals surface area contributed by atoms with E-state index in [4.69, 9.17) is 14.6 Å². The Bertz CT molecular complexity index is 1090. The molecule has 31 heavy (non-hydrogen) atoms. The van der Waals surface area contributed by atoms with Crippen molar-refractivity contribution in [3.8, 4) is 22.7 Å². The third-order valence-electron chi connectivity index (χ3n) is 4.61. The van der Waals surface area contributed by atoms with Crippen LogP contribution in [0.3, 0.4) is 0 Å². The number of hydrogen-bond donors (Lipinski definition) is 0. The van der Waals surface area contributed by atoms with Crippen molar-refractivity contribution in [1.29, 1.82) is 0 Å². The number of carbonyl (C=O) groups is 2. The minimum absolute atomic E-state index is 0.284. The molecule has 2 aromatic carbocycles. The van der Waals surface area contributed by atoms with Crippen molar-refractivity contribution in [3.63, 3.8) is 0 Å². The molecule has 7 nitrogen and oxygen atoms in total. The highest BCUT2D eigenvalue weighted by Crippen LogP contribution is 2.32. The Balaban J connectivity index is 1.95. The van der Waals surface area contributed by atoms with Crippen LogP contribution in [0.25, 0.3) is 23.0 Å². The highest BCUT2D eigenvalue weighted by Gasteiger charge is 2.19. The Kier molecular flexibility index (Phi) is 6.87. The molecule has 1 amide bonds. The van der Waals surface area contributed by atoms with Crippen molar-refractivity contribution in [1.82, 2.24) is 14.7 Å². The van der Waals surface area contributed by atoms with Crippen LogP contribution in [-0.4, -0.2) is 53.9 Å². The van der Waals surface area contributed by atoms with Crippen LogP contribution in [0.15, 0.2) is 66.9 Å². The van der Waals surface area contributed by atoms with Gasteiger partial charge in [-0.05, 0) is 37.3 Å². The molecule has 1 heterocycles. The number of likely N-dealkylation sites (N-methyl/N-ethyl adjacent to an activating group) is 1. The molecule has 0 aliphatic carbocycles. The monoisotopic (exact) mass is 419 g/mol. The molecule has 0 aliphatic rings. The molecule has 0 saturated carbocycles. The van der Waals surface area contributed by atoms with Crippen molar-refractivity contribution in [3.05, 3.63) is 72.4 Å². The van der Waals surface area contributed by atoms with E-state index in [1.54, 1.807) is 38.9 Å². The first kappa shape index (κ1) is 21.8. The molecule has 1 aromatic heterocycles. The molecule has 0 spiro atoms. The van der Waals surface area contributed by atoms with E-state index in [0.29, 0.717) is 17.0 Å². The van der Waals surface area contributed by atoms with E-state index in [2.05, 4.69) is 0 Å². The summed E-state index contributed by atoms with van der Waals surface area (Å²) in [7, 11) is 4.82. The van der Waals surface area contributed by atoms with E-state index >= 15 is 0 Å². The SMILES string of the molecule is COc1ccccc1-c1nn(-c2ccccc2)cc1/C=C/C(=O)O[C@@H](C)C(=O)N(C)C. The average Bonchev–Trinajstić information content (AvgIpc) is 3.21. The van der Waals surface area contributed by atoms with Gasteiger partial charge in [-0.25, -0.2) is 9.48 Å². The molecule has 3 rings (SSSR count). The molecule has 0 unspecified atom stereocenters. The van der Waals surface area contributed by atoms with Crippen LogP contribution >= 0.6 is 0 Å². The number of methoxy groups -OCH3 is 1. The Morgan fingerprint density at radius 3 is 2.42 bits per heavy atom. The second-order valence-corrected chi connectivity index (χ2v) is 7.06. The molecule has 0 aliphatic heterocycles. The quantitative estimate of drug-likeness (QED) is 0.432. The average molecular weight is 419 g/mol. The van der Waals surface area contributed by atoms with E-state index in [1.807, 2.05) is 60.8 Å². The fourth-order valence-electron chi connectivity index (χ4n) is 3.06. The minimum atomic E-state index is -0.868. The first-order valence-electron chi connectivity index (χ1n) is 9.79. The van der Waals surface area contributed by atoms with Gasteiger partial charge in [0.2, 0.25) is 0 Å². The number of hydrogen-bond acceptors (Lipinski definition) is 5. The first-order valence-corrected chi connectivity index (χ1v) is 9.79. The Labute approximate surface area is 181 Å². The number of nitrogens with zero attached hydrogens (tertiary/aromatic N) is 3. The topological polar surface area (TPSA) is 73.7 Å². The summed E-state index contributed by atoms with van der Waals surface area (Å²) in [5.74, 6) is -0.224. The lowest BCUT2D eigenvalue weighted by atomic mass is 10.1. The maximum absolute atomic E-state index is 12.3. The van der Waals surface area contributed by atoms with Gasteiger partial charge in [0, 0.05) is 37.5 Å². The van der Waals surface area contributed by atoms with Crippen LogP contribution < -0.4 is 4.74 Å². The lowest BCUT2D eigenvalue weighted by Crippen LogP contribution is -2.34. The Morgan fingerprint density at radius 1 is 1.06 bits per heavy atom. The summed E-state index contributed by atoms with van der Waals surface area (Å²) in [5.41, 5.74) is 3.04. The van der Waals surface area contributed by atoms with Gasteiger partial charge in [-0.15, -0.1) is 0 Å². The molecule has 0 fully saturated rings. The van der Waals surface area contributed by atoms with Crippen molar-refractivity contribution >= 4 is 18.0 Å². The zero-order valence-electron chi connectivity index (χ0n) is 18.0. The van der Waals surface area contributed by atoms with Gasteiger partial charge in [0.15, 0.2) is 6.10 Å². The summed E-state index contributed by atoms with van der Waals surface area (Å²) in [4.78, 5) is 25.6. The summed E-state index contributed by atoms with van der Waals surface area (Å²) < 4.78 is 12.4. The number of carbonyl (C=O) groups excluding carboxylic acids is 2. The molecule has 0 saturated heterocycles. The summed E-state index contributed by atoms with van der Waals surface area (Å²) in [6.45, 7) is 1.54. The highest BCUT2D eigenvalue weighted by molar-refractivity contribution is 5.91. The second kappa shape index (κ2) is 9.75. The fourth-order valence-corrected chi connectivity index (χ4v) is 3.06. The van der Waals surface area contributed by atoms with Gasteiger partial charge in [0.25, 0.3) is 5.91 Å². The zero-order chi connectivity index (χ0) is 22.4. The predicted octanol–water partition coefficient (Wildman–Crippen LogP) is 3.58. The van der Waals surface area contributed by atoms with Crippen molar-refractivity contribution in [2.24, 2.45) is 0 Å². The molecular weight excluding hydrogens is 394 g/mol. The van der Waals surface area contributed by atoms with Crippen molar-refractivity contribution < 1.29 is 19.1 Å². The summed E-state index contributed by atoms with van der Waals surface area (Å²) in [6.07, 6.45) is 3.89. The number of rotatable bonds is 7. The van der Waals surface area contributed by atoms with Gasteiger partial charge in [-0.2, -0.15) is 5.10 Å². The standard InChI is InChI=1S/C24H25N3O4/c1-17(24(29)26(2)3)31-22(28)15-14-18-16-27(19-10-6-5-7-11-19)25-23(18)20-12-8-9-13-21(20)30-4/h5-17H,1-4H3/b15-14+/t17-/m0/s1. The molecule has 0 radical (unpaired) electrons. The van der Waals surface area contributed by atoms with Crippen LogP contribution in [0.1, 0.15) is 12.5 Å². The van der Waals surface area contributed by atoms with Gasteiger partial charge in [-0.3, -0.25) is 4.79 Å². The fraction of sp³-hybridized carbons (Fsp3) is 0.208. The number of para-hydroxylation sites is 2. The zero-order valence-corrected chi connectivity index (χ0v) is 18.0. The van der Waals surface area contributed by atoms with Gasteiger partial charge in [0.05, 0.1) is 12.8 Å². The normalized spacial score (nSPS) is 11.9. The maximum Gasteiger partial charge on any atom is 0.331 e. The second-order valence-electron chi connectivity index (χ2n) is 7.06. The summed E-state index contributed by atoms with van der Waals surface area (Å²) in [5, 5.41) is 4.72. The van der Waals surface area contributed by atoms with Crippen LogP contribution in [0.4, 0.5) is 0 Å². The Hall–Kier alpha value is -3.87. The maximum atomic E-state index is 12.3. The molecular formula is C24H25N3O4. The Morgan fingerprint density at radius 2 is 1.74 bits per heavy atom. The number of ether oxygens (including phenoxy) is 2. The van der Waals surface area contributed by atoms with Gasteiger partial charge in [-0.1, -0.05) is 30.3 Å². The number of amides is 1. The van der Waals surface area contributed by atoms with E-state index in [9.17, 15) is 9.59 Å². The van der Waals surface area contributed by atoms with E-state index in [1.165, 1.54) is 11.0 Å². The van der Waals surface area contributed by atoms with Gasteiger partial charge < -0.3 is 14.4 Å². The summed E-state index contributed by atoms with van der Waals surface area (Å²) in [6, 6.07) is 17.2. The lowest BCUT2D eigenvalue weighted by Gasteiger charge is -2.16. The largest absolute Gasteiger partial charge is 0.496 e. The van der Waals surface area contributed by atoms with Crippen molar-refractivity contribution in [2.75, 3.05) is 21.2 Å². The highest BCUT2D eigenvalue weighted by atomic mass is 16.5. The van der Waals surface area contributed by atoms with Crippen LogP contribution in [0.5, 0.6) is 5.75 Å². The minimum Gasteiger partial charge on any atom is -0.496 e. The van der Waals surface area contributed by atoms with Crippen LogP contribution in [-0.2, 0) is 14.3 Å². The van der Waals surface area contributed by atoms with Gasteiger partial charge in [0.1, 0.15) is 11.4 Å². The van der Waals surface area contributed by atoms with Crippen molar-refractivity contribution in [2.45, 2.75) is 13.0 Å². The number of aromatic nitrogens is 2. The lowest BCUT2D eigenvalue weighted by molar-refractivity contribution is -0.153. The van der Waals surface area contributed by atoms with Crippen LogP contribution in [0, 0.1) is 0 Å². The smallest absolute Gasteiger partial charge is 0.331 e. The summed E-state index contributed by atoms with van der Waals surface area (Å²) >= 11 is 0. The molecule has 7 heteroatoms. The van der Waals surface area contributed by atoms with Gasteiger partial charge >= 0.3 is 5.97 Å². The number of esters is 1. The predicted molar refractivity (Wildman–Crippen MR) is 119 cm³/mol. The molecule has 0 bridgehead atoms. The van der Waals surface area contributed by atoms with E-state index in [-0.39, 0.29) is 5.91 Å². The molecule has 160 valence electrons. The first-order chi connectivity index (χ1) is 14.9. The molecule has 1 atom stereocenters. The third-order valence-corrected chi connectivity index (χ3v) is 4.61. The third kappa shape index (κ3) is 5.19. The number of benzene rings is 2. The van der Waals surface area contributed by atoms with Crippen LogP contribution in [0.2, 0.25) is 0 Å². The van der Waals surface area contributed by atoms with E-state index in [0.717, 1.165) is 11.3 Å². The molecule has 0 N–H and O–H groups in total. The molecule has 3 aromatic rings. The van der Waals surface area contributed by atoms with E-state index < -0.39 is 12.1 Å².